The number of nitrogens with zero attached hydrogens (tertiary/aromatic N) is 5. The van der Waals surface area contributed by atoms with E-state index in [1.165, 1.54) is 29.7 Å². The highest BCUT2D eigenvalue weighted by Gasteiger charge is 2.46. The van der Waals surface area contributed by atoms with Crippen LogP contribution >= 0.6 is 0 Å². The molecule has 7 heteroatoms. The van der Waals surface area contributed by atoms with Crippen molar-refractivity contribution < 1.29 is 4.79 Å². The first-order valence-corrected chi connectivity index (χ1v) is 10.8. The van der Waals surface area contributed by atoms with E-state index in [1.807, 2.05) is 11.1 Å². The lowest BCUT2D eigenvalue weighted by Gasteiger charge is -2.40. The number of amides is 1. The number of hydrogen-bond acceptors (Lipinski definition) is 5. The Morgan fingerprint density at radius 2 is 2.17 bits per heavy atom. The van der Waals surface area contributed by atoms with Crippen molar-refractivity contribution in [3.63, 3.8) is 0 Å². The number of hydrogen-bond donors (Lipinski definition) is 1. The Labute approximate surface area is 171 Å². The maximum atomic E-state index is 12.1. The lowest BCUT2D eigenvalue weighted by atomic mass is 9.77. The summed E-state index contributed by atoms with van der Waals surface area (Å²) in [5.41, 5.74) is 4.83. The highest BCUT2D eigenvalue weighted by Crippen LogP contribution is 2.48. The standard InChI is InChI=1S/C22H30N6O/c1-14-17(11-23-26-14)12-27(3)21-18-7-9-22(8-4-10-28(13-22)15(2)29)19(18)24-20(25-21)16-5-6-16/h11,16H,4-10,12-13H2,1-3H3,(H,23,26). The fourth-order valence-corrected chi connectivity index (χ4v) is 5.14. The van der Waals surface area contributed by atoms with Gasteiger partial charge in [-0.2, -0.15) is 5.10 Å². The molecule has 0 bridgehead atoms. The van der Waals surface area contributed by atoms with E-state index in [2.05, 4.69) is 29.1 Å². The minimum absolute atomic E-state index is 0.00692. The van der Waals surface area contributed by atoms with Gasteiger partial charge in [-0.05, 0) is 45.4 Å². The zero-order valence-electron chi connectivity index (χ0n) is 17.7. The quantitative estimate of drug-likeness (QED) is 0.863. The van der Waals surface area contributed by atoms with Crippen molar-refractivity contribution in [3.8, 4) is 0 Å². The molecular weight excluding hydrogens is 364 g/mol. The third kappa shape index (κ3) is 3.20. The van der Waals surface area contributed by atoms with Crippen LogP contribution in [0.25, 0.3) is 0 Å². The lowest BCUT2D eigenvalue weighted by Crippen LogP contribution is -2.47. The number of H-pyrrole nitrogens is 1. The van der Waals surface area contributed by atoms with Crippen LogP contribution in [0.3, 0.4) is 0 Å². The molecule has 1 spiro atoms. The smallest absolute Gasteiger partial charge is 0.219 e. The van der Waals surface area contributed by atoms with Gasteiger partial charge >= 0.3 is 0 Å². The third-order valence-corrected chi connectivity index (χ3v) is 7.03. The molecule has 2 aliphatic carbocycles. The van der Waals surface area contributed by atoms with E-state index in [4.69, 9.17) is 9.97 Å². The Morgan fingerprint density at radius 1 is 1.34 bits per heavy atom. The SMILES string of the molecule is CC(=O)N1CCCC2(CCc3c(N(C)Cc4cn[nH]c4C)nc(C4CC4)nc32)C1. The molecule has 0 aromatic carbocycles. The largest absolute Gasteiger partial charge is 0.355 e. The van der Waals surface area contributed by atoms with Crippen LogP contribution in [0, 0.1) is 6.92 Å². The molecule has 1 atom stereocenters. The molecule has 154 valence electrons. The highest BCUT2D eigenvalue weighted by molar-refractivity contribution is 5.73. The number of anilines is 1. The summed E-state index contributed by atoms with van der Waals surface area (Å²) in [6, 6.07) is 0. The molecule has 1 saturated heterocycles. The minimum atomic E-state index is 0.00692. The number of carbonyl (C=O) groups is 1. The number of rotatable bonds is 4. The van der Waals surface area contributed by atoms with Crippen LogP contribution in [0.1, 0.15) is 73.3 Å². The fraction of sp³-hybridized carbons (Fsp3) is 0.636. The van der Waals surface area contributed by atoms with E-state index in [1.54, 1.807) is 6.92 Å². The molecule has 3 aliphatic rings. The van der Waals surface area contributed by atoms with Crippen molar-refractivity contribution in [2.24, 2.45) is 0 Å². The van der Waals surface area contributed by atoms with E-state index >= 15 is 0 Å². The molecule has 29 heavy (non-hydrogen) atoms. The van der Waals surface area contributed by atoms with Crippen molar-refractivity contribution in [3.05, 3.63) is 34.5 Å². The van der Waals surface area contributed by atoms with Gasteiger partial charge in [-0.25, -0.2) is 9.97 Å². The number of likely N-dealkylation sites (tertiary alicyclic amines) is 1. The zero-order chi connectivity index (χ0) is 20.2. The van der Waals surface area contributed by atoms with Crippen molar-refractivity contribution in [1.29, 1.82) is 0 Å². The topological polar surface area (TPSA) is 78.0 Å². The Balaban J connectivity index is 1.54. The molecule has 1 N–H and O–H groups in total. The third-order valence-electron chi connectivity index (χ3n) is 7.03. The molecule has 1 saturated carbocycles. The van der Waals surface area contributed by atoms with Gasteiger partial charge in [0.1, 0.15) is 11.6 Å². The monoisotopic (exact) mass is 394 g/mol. The van der Waals surface area contributed by atoms with Crippen LogP contribution in [0.4, 0.5) is 5.82 Å². The molecule has 7 nitrogen and oxygen atoms in total. The van der Waals surface area contributed by atoms with Crippen molar-refractivity contribution >= 4 is 11.7 Å². The summed E-state index contributed by atoms with van der Waals surface area (Å²) in [6.07, 6.45) is 8.53. The first-order valence-electron chi connectivity index (χ1n) is 10.8. The first kappa shape index (κ1) is 18.6. The predicted molar refractivity (Wildman–Crippen MR) is 111 cm³/mol. The van der Waals surface area contributed by atoms with Crippen molar-refractivity contribution in [2.75, 3.05) is 25.0 Å². The molecule has 3 heterocycles. The number of aryl methyl sites for hydroxylation is 1. The van der Waals surface area contributed by atoms with Gasteiger partial charge in [0.15, 0.2) is 0 Å². The highest BCUT2D eigenvalue weighted by atomic mass is 16.2. The van der Waals surface area contributed by atoms with Crippen LogP contribution < -0.4 is 4.90 Å². The van der Waals surface area contributed by atoms with Crippen LogP contribution in [-0.4, -0.2) is 51.1 Å². The molecule has 2 fully saturated rings. The van der Waals surface area contributed by atoms with Crippen LogP contribution in [0.2, 0.25) is 0 Å². The molecule has 5 rings (SSSR count). The lowest BCUT2D eigenvalue weighted by molar-refractivity contribution is -0.131. The van der Waals surface area contributed by atoms with Crippen LogP contribution in [0.15, 0.2) is 6.20 Å². The predicted octanol–water partition coefficient (Wildman–Crippen LogP) is 2.85. The van der Waals surface area contributed by atoms with Crippen molar-refractivity contribution in [2.45, 2.75) is 70.3 Å². The Kier molecular flexibility index (Phi) is 4.37. The second-order valence-electron chi connectivity index (χ2n) is 9.21. The van der Waals surface area contributed by atoms with Gasteiger partial charge in [0.25, 0.3) is 0 Å². The normalized spacial score (nSPS) is 23.5. The molecule has 0 radical (unpaired) electrons. The average molecular weight is 395 g/mol. The van der Waals surface area contributed by atoms with Gasteiger partial charge in [0, 0.05) is 61.8 Å². The average Bonchev–Trinajstić information content (AvgIpc) is 3.41. The second-order valence-corrected chi connectivity index (χ2v) is 9.21. The number of aromatic nitrogens is 4. The molecular formula is C22H30N6O. The molecule has 2 aromatic heterocycles. The van der Waals surface area contributed by atoms with Crippen LogP contribution in [0.5, 0.6) is 0 Å². The molecule has 1 unspecified atom stereocenters. The van der Waals surface area contributed by atoms with E-state index in [0.717, 1.165) is 62.7 Å². The van der Waals surface area contributed by atoms with Crippen molar-refractivity contribution in [1.82, 2.24) is 25.1 Å². The van der Waals surface area contributed by atoms with Gasteiger partial charge in [0.05, 0.1) is 11.9 Å². The first-order chi connectivity index (χ1) is 14.0. The maximum Gasteiger partial charge on any atom is 0.219 e. The molecule has 2 aromatic rings. The summed E-state index contributed by atoms with van der Waals surface area (Å²) >= 11 is 0. The number of fused-ring (bicyclic) bond motifs is 2. The Morgan fingerprint density at radius 3 is 2.86 bits per heavy atom. The summed E-state index contributed by atoms with van der Waals surface area (Å²) in [5, 5.41) is 7.20. The number of piperidine rings is 1. The maximum absolute atomic E-state index is 12.1. The van der Waals surface area contributed by atoms with E-state index < -0.39 is 0 Å². The minimum Gasteiger partial charge on any atom is -0.355 e. The number of carbonyl (C=O) groups excluding carboxylic acids is 1. The fourth-order valence-electron chi connectivity index (χ4n) is 5.14. The Hall–Kier alpha value is -2.44. The summed E-state index contributed by atoms with van der Waals surface area (Å²) in [5.74, 6) is 2.78. The second kappa shape index (κ2) is 6.82. The van der Waals surface area contributed by atoms with Gasteiger partial charge in [-0.3, -0.25) is 9.89 Å². The van der Waals surface area contributed by atoms with Gasteiger partial charge in [-0.15, -0.1) is 0 Å². The summed E-state index contributed by atoms with van der Waals surface area (Å²) in [6.45, 7) is 6.21. The van der Waals surface area contributed by atoms with E-state index in [0.29, 0.717) is 5.92 Å². The van der Waals surface area contributed by atoms with Crippen LogP contribution in [-0.2, 0) is 23.2 Å². The van der Waals surface area contributed by atoms with E-state index in [-0.39, 0.29) is 11.3 Å². The summed E-state index contributed by atoms with van der Waals surface area (Å²) in [7, 11) is 2.12. The molecule has 1 amide bonds. The summed E-state index contributed by atoms with van der Waals surface area (Å²) in [4.78, 5) is 26.6. The van der Waals surface area contributed by atoms with E-state index in [9.17, 15) is 4.79 Å². The number of aromatic amines is 1. The van der Waals surface area contributed by atoms with Gasteiger partial charge in [-0.1, -0.05) is 0 Å². The van der Waals surface area contributed by atoms with Gasteiger partial charge < -0.3 is 9.80 Å². The molecule has 1 aliphatic heterocycles. The van der Waals surface area contributed by atoms with Gasteiger partial charge in [0.2, 0.25) is 5.91 Å². The zero-order valence-corrected chi connectivity index (χ0v) is 17.7. The summed E-state index contributed by atoms with van der Waals surface area (Å²) < 4.78 is 0. The Bertz CT molecular complexity index is 949. The number of nitrogens with one attached hydrogen (secondary N) is 1.